The summed E-state index contributed by atoms with van der Waals surface area (Å²) < 4.78 is 4.93. The Bertz CT molecular complexity index is 418. The van der Waals surface area contributed by atoms with Crippen LogP contribution in [0.25, 0.3) is 0 Å². The van der Waals surface area contributed by atoms with E-state index in [0.29, 0.717) is 13.1 Å². The lowest BCUT2D eigenvalue weighted by atomic mass is 10.1. The highest BCUT2D eigenvalue weighted by atomic mass is 16.5. The Balaban J connectivity index is 2.70. The number of carbonyl (C=O) groups excluding carboxylic acids is 1. The molecule has 112 valence electrons. The Hall–Kier alpha value is -1.59. The highest BCUT2D eigenvalue weighted by molar-refractivity contribution is 5.81. The number of ether oxygens (including phenoxy) is 1. The molecular formula is C15H25N3O2. The van der Waals surface area contributed by atoms with E-state index < -0.39 is 6.04 Å². The fourth-order valence-corrected chi connectivity index (χ4v) is 1.95. The Morgan fingerprint density at radius 1 is 1.30 bits per heavy atom. The van der Waals surface area contributed by atoms with Crippen LogP contribution >= 0.6 is 0 Å². The SMILES string of the molecule is CCN(Cc1ccc(N(C)C)cc1)C(=O)C(N)COC. The molecule has 0 aliphatic heterocycles. The number of rotatable bonds is 7. The second-order valence-corrected chi connectivity index (χ2v) is 4.98. The fourth-order valence-electron chi connectivity index (χ4n) is 1.95. The van der Waals surface area contributed by atoms with Gasteiger partial charge in [-0.25, -0.2) is 0 Å². The number of likely N-dealkylation sites (N-methyl/N-ethyl adjacent to an activating group) is 1. The molecular weight excluding hydrogens is 254 g/mol. The second kappa shape index (κ2) is 7.87. The molecule has 5 heteroatoms. The van der Waals surface area contributed by atoms with Crippen molar-refractivity contribution < 1.29 is 9.53 Å². The number of nitrogens with two attached hydrogens (primary N) is 1. The summed E-state index contributed by atoms with van der Waals surface area (Å²) in [6, 6.07) is 7.56. The van der Waals surface area contributed by atoms with Crippen LogP contribution in [-0.2, 0) is 16.1 Å². The van der Waals surface area contributed by atoms with Gasteiger partial charge >= 0.3 is 0 Å². The van der Waals surface area contributed by atoms with Crippen LogP contribution in [0.15, 0.2) is 24.3 Å². The molecule has 0 aliphatic carbocycles. The fraction of sp³-hybridized carbons (Fsp3) is 0.533. The maximum atomic E-state index is 12.2. The Morgan fingerprint density at radius 3 is 2.35 bits per heavy atom. The molecule has 1 rings (SSSR count). The van der Waals surface area contributed by atoms with Crippen molar-refractivity contribution in [2.75, 3.05) is 39.3 Å². The first-order valence-corrected chi connectivity index (χ1v) is 6.79. The van der Waals surface area contributed by atoms with Crippen molar-refractivity contribution in [2.45, 2.75) is 19.5 Å². The zero-order valence-corrected chi connectivity index (χ0v) is 12.8. The van der Waals surface area contributed by atoms with Crippen molar-refractivity contribution in [3.63, 3.8) is 0 Å². The molecule has 1 atom stereocenters. The Labute approximate surface area is 121 Å². The summed E-state index contributed by atoms with van der Waals surface area (Å²) in [6.07, 6.45) is 0. The molecule has 0 heterocycles. The number of hydrogen-bond donors (Lipinski definition) is 1. The normalized spacial score (nSPS) is 12.1. The number of nitrogens with zero attached hydrogens (tertiary/aromatic N) is 2. The monoisotopic (exact) mass is 279 g/mol. The lowest BCUT2D eigenvalue weighted by Crippen LogP contribution is -2.45. The third-order valence-electron chi connectivity index (χ3n) is 3.18. The van der Waals surface area contributed by atoms with E-state index >= 15 is 0 Å². The summed E-state index contributed by atoms with van der Waals surface area (Å²) in [5, 5.41) is 0. The number of amides is 1. The summed E-state index contributed by atoms with van der Waals surface area (Å²) in [5.74, 6) is -0.0777. The summed E-state index contributed by atoms with van der Waals surface area (Å²) in [4.78, 5) is 15.9. The quantitative estimate of drug-likeness (QED) is 0.811. The molecule has 0 bridgehead atoms. The van der Waals surface area contributed by atoms with Gasteiger partial charge in [0.1, 0.15) is 6.04 Å². The zero-order valence-electron chi connectivity index (χ0n) is 12.8. The van der Waals surface area contributed by atoms with E-state index in [1.54, 1.807) is 12.0 Å². The van der Waals surface area contributed by atoms with Crippen molar-refractivity contribution in [3.8, 4) is 0 Å². The van der Waals surface area contributed by atoms with E-state index in [9.17, 15) is 4.79 Å². The molecule has 0 aliphatic rings. The molecule has 1 unspecified atom stereocenters. The smallest absolute Gasteiger partial charge is 0.242 e. The van der Waals surface area contributed by atoms with Crippen LogP contribution in [0.5, 0.6) is 0 Å². The van der Waals surface area contributed by atoms with Crippen molar-refractivity contribution in [1.82, 2.24) is 4.90 Å². The topological polar surface area (TPSA) is 58.8 Å². The Morgan fingerprint density at radius 2 is 1.90 bits per heavy atom. The lowest BCUT2D eigenvalue weighted by Gasteiger charge is -2.24. The second-order valence-electron chi connectivity index (χ2n) is 4.98. The van der Waals surface area contributed by atoms with Gasteiger partial charge in [-0.1, -0.05) is 12.1 Å². The van der Waals surface area contributed by atoms with Gasteiger partial charge < -0.3 is 20.3 Å². The standard InChI is InChI=1S/C15H25N3O2/c1-5-18(15(19)14(16)11-20-4)10-12-6-8-13(9-7-12)17(2)3/h6-9,14H,5,10-11,16H2,1-4H3. The summed E-state index contributed by atoms with van der Waals surface area (Å²) >= 11 is 0. The minimum Gasteiger partial charge on any atom is -0.383 e. The predicted octanol–water partition coefficient (Wildman–Crippen LogP) is 1.07. The summed E-state index contributed by atoms with van der Waals surface area (Å²) in [5.41, 5.74) is 8.03. The van der Waals surface area contributed by atoms with E-state index in [2.05, 4.69) is 0 Å². The van der Waals surface area contributed by atoms with E-state index in [-0.39, 0.29) is 12.5 Å². The molecule has 1 aromatic carbocycles. The molecule has 0 saturated heterocycles. The van der Waals surface area contributed by atoms with Gasteiger partial charge in [0.05, 0.1) is 6.61 Å². The van der Waals surface area contributed by atoms with Gasteiger partial charge in [-0.05, 0) is 24.6 Å². The molecule has 2 N–H and O–H groups in total. The molecule has 5 nitrogen and oxygen atoms in total. The number of anilines is 1. The van der Waals surface area contributed by atoms with Crippen LogP contribution in [-0.4, -0.2) is 51.2 Å². The van der Waals surface area contributed by atoms with Gasteiger partial charge in [0.15, 0.2) is 0 Å². The minimum absolute atomic E-state index is 0.0777. The first-order chi connectivity index (χ1) is 9.49. The molecule has 0 spiro atoms. The Kier molecular flexibility index (Phi) is 6.48. The van der Waals surface area contributed by atoms with Crippen molar-refractivity contribution in [3.05, 3.63) is 29.8 Å². The van der Waals surface area contributed by atoms with Gasteiger partial charge in [-0.3, -0.25) is 4.79 Å². The van der Waals surface area contributed by atoms with Crippen LogP contribution in [0.1, 0.15) is 12.5 Å². The van der Waals surface area contributed by atoms with Gasteiger partial charge in [0.25, 0.3) is 0 Å². The van der Waals surface area contributed by atoms with Gasteiger partial charge in [0.2, 0.25) is 5.91 Å². The first kappa shape index (κ1) is 16.5. The third-order valence-corrected chi connectivity index (χ3v) is 3.18. The number of benzene rings is 1. The van der Waals surface area contributed by atoms with Crippen molar-refractivity contribution in [1.29, 1.82) is 0 Å². The number of hydrogen-bond acceptors (Lipinski definition) is 4. The molecule has 1 aromatic rings. The van der Waals surface area contributed by atoms with Gasteiger partial charge in [-0.15, -0.1) is 0 Å². The van der Waals surface area contributed by atoms with Gasteiger partial charge in [-0.2, -0.15) is 0 Å². The summed E-state index contributed by atoms with van der Waals surface area (Å²) in [7, 11) is 5.55. The molecule has 0 aromatic heterocycles. The molecule has 0 radical (unpaired) electrons. The highest BCUT2D eigenvalue weighted by Crippen LogP contribution is 2.14. The van der Waals surface area contributed by atoms with E-state index in [0.717, 1.165) is 11.3 Å². The number of methoxy groups -OCH3 is 1. The van der Waals surface area contributed by atoms with Gasteiger partial charge in [0, 0.05) is 40.0 Å². The molecule has 0 fully saturated rings. The van der Waals surface area contributed by atoms with Crippen LogP contribution < -0.4 is 10.6 Å². The minimum atomic E-state index is -0.596. The lowest BCUT2D eigenvalue weighted by molar-refractivity contribution is -0.134. The van der Waals surface area contributed by atoms with Crippen LogP contribution in [0.2, 0.25) is 0 Å². The maximum Gasteiger partial charge on any atom is 0.242 e. The average molecular weight is 279 g/mol. The molecule has 1 amide bonds. The largest absolute Gasteiger partial charge is 0.383 e. The third kappa shape index (κ3) is 4.51. The maximum absolute atomic E-state index is 12.2. The zero-order chi connectivity index (χ0) is 15.1. The van der Waals surface area contributed by atoms with Crippen molar-refractivity contribution >= 4 is 11.6 Å². The van der Waals surface area contributed by atoms with E-state index in [1.165, 1.54) is 0 Å². The van der Waals surface area contributed by atoms with E-state index in [4.69, 9.17) is 10.5 Å². The summed E-state index contributed by atoms with van der Waals surface area (Å²) in [6.45, 7) is 3.40. The van der Waals surface area contributed by atoms with Crippen molar-refractivity contribution in [2.24, 2.45) is 5.73 Å². The highest BCUT2D eigenvalue weighted by Gasteiger charge is 2.19. The number of carbonyl (C=O) groups is 1. The molecule has 0 saturated carbocycles. The van der Waals surface area contributed by atoms with Crippen LogP contribution in [0, 0.1) is 0 Å². The van der Waals surface area contributed by atoms with Crippen LogP contribution in [0.4, 0.5) is 5.69 Å². The average Bonchev–Trinajstić information content (AvgIpc) is 2.44. The van der Waals surface area contributed by atoms with E-state index in [1.807, 2.05) is 50.2 Å². The first-order valence-electron chi connectivity index (χ1n) is 6.79. The van der Waals surface area contributed by atoms with Crippen LogP contribution in [0.3, 0.4) is 0 Å². The predicted molar refractivity (Wildman–Crippen MR) is 81.7 cm³/mol. The molecule has 20 heavy (non-hydrogen) atoms.